The van der Waals surface area contributed by atoms with Crippen LogP contribution in [0.5, 0.6) is 0 Å². The van der Waals surface area contributed by atoms with Gasteiger partial charge in [0.2, 0.25) is 5.58 Å². The van der Waals surface area contributed by atoms with Gasteiger partial charge in [0.1, 0.15) is 6.33 Å². The molecule has 3 unspecified atom stereocenters. The fourth-order valence-electron chi connectivity index (χ4n) is 4.33. The molecule has 5 rings (SSSR count). The van der Waals surface area contributed by atoms with E-state index in [1.54, 1.807) is 6.20 Å². The lowest BCUT2D eigenvalue weighted by molar-refractivity contribution is 0.442. The average Bonchev–Trinajstić information content (AvgIpc) is 3.53. The Morgan fingerprint density at radius 1 is 1.31 bits per heavy atom. The predicted molar refractivity (Wildman–Crippen MR) is 102 cm³/mol. The van der Waals surface area contributed by atoms with Crippen molar-refractivity contribution in [3.63, 3.8) is 0 Å². The van der Waals surface area contributed by atoms with E-state index in [0.717, 1.165) is 17.0 Å². The highest BCUT2D eigenvalue weighted by molar-refractivity contribution is 6.35. The standard InChI is InChI=1S/C19H18Cl2N4O/c1-10-7-19(10,13-5-4-12(20)6-14(13)21)17(11-2-3-11)24-18-16-15(26-25-18)8-22-9-23-16/h4-6,8-11,17H,2-3,7H2,1H3,(H,24,25). The average molecular weight is 389 g/mol. The van der Waals surface area contributed by atoms with E-state index in [0.29, 0.717) is 28.3 Å². The molecule has 134 valence electrons. The van der Waals surface area contributed by atoms with Crippen molar-refractivity contribution in [3.05, 3.63) is 46.3 Å². The van der Waals surface area contributed by atoms with Crippen LogP contribution in [0.4, 0.5) is 5.82 Å². The zero-order valence-electron chi connectivity index (χ0n) is 14.2. The summed E-state index contributed by atoms with van der Waals surface area (Å²) in [6.07, 6.45) is 6.66. The number of nitrogens with zero attached hydrogens (tertiary/aromatic N) is 3. The lowest BCUT2D eigenvalue weighted by atomic mass is 9.83. The molecule has 2 heterocycles. The van der Waals surface area contributed by atoms with E-state index in [-0.39, 0.29) is 11.5 Å². The van der Waals surface area contributed by atoms with Crippen LogP contribution < -0.4 is 5.32 Å². The maximum atomic E-state index is 6.60. The van der Waals surface area contributed by atoms with Gasteiger partial charge in [0.05, 0.1) is 6.20 Å². The Kier molecular flexibility index (Phi) is 3.66. The summed E-state index contributed by atoms with van der Waals surface area (Å²) in [5.74, 6) is 1.82. The van der Waals surface area contributed by atoms with E-state index in [9.17, 15) is 0 Å². The van der Waals surface area contributed by atoms with Crippen LogP contribution in [0.25, 0.3) is 11.1 Å². The Hall–Kier alpha value is -1.85. The molecule has 2 aromatic heterocycles. The summed E-state index contributed by atoms with van der Waals surface area (Å²) in [7, 11) is 0. The van der Waals surface area contributed by atoms with Crippen LogP contribution in [0.1, 0.15) is 31.7 Å². The lowest BCUT2D eigenvalue weighted by Gasteiger charge is -2.30. The zero-order valence-corrected chi connectivity index (χ0v) is 15.8. The molecule has 2 aliphatic rings. The van der Waals surface area contributed by atoms with Crippen molar-refractivity contribution in [2.24, 2.45) is 11.8 Å². The Balaban J connectivity index is 1.56. The topological polar surface area (TPSA) is 63.8 Å². The molecule has 2 aliphatic carbocycles. The Morgan fingerprint density at radius 2 is 2.12 bits per heavy atom. The molecule has 1 N–H and O–H groups in total. The molecule has 5 nitrogen and oxygen atoms in total. The second kappa shape index (κ2) is 5.83. The monoisotopic (exact) mass is 388 g/mol. The number of halogens is 2. The van der Waals surface area contributed by atoms with Crippen LogP contribution in [0.2, 0.25) is 10.0 Å². The highest BCUT2D eigenvalue weighted by Crippen LogP contribution is 2.62. The molecular weight excluding hydrogens is 371 g/mol. The molecule has 26 heavy (non-hydrogen) atoms. The van der Waals surface area contributed by atoms with Gasteiger partial charge in [-0.2, -0.15) is 0 Å². The number of nitrogens with one attached hydrogen (secondary N) is 1. The number of hydrogen-bond acceptors (Lipinski definition) is 5. The third-order valence-electron chi connectivity index (χ3n) is 5.87. The van der Waals surface area contributed by atoms with Gasteiger partial charge in [-0.3, -0.25) is 0 Å². The van der Waals surface area contributed by atoms with Gasteiger partial charge in [0.15, 0.2) is 11.3 Å². The molecule has 0 bridgehead atoms. The molecular formula is C19H18Cl2N4O. The van der Waals surface area contributed by atoms with E-state index < -0.39 is 0 Å². The molecule has 3 atom stereocenters. The first-order chi connectivity index (χ1) is 12.6. The summed E-state index contributed by atoms with van der Waals surface area (Å²) >= 11 is 12.7. The van der Waals surface area contributed by atoms with Crippen molar-refractivity contribution < 1.29 is 4.52 Å². The molecule has 2 fully saturated rings. The molecule has 2 saturated carbocycles. The van der Waals surface area contributed by atoms with Gasteiger partial charge in [0, 0.05) is 21.5 Å². The first-order valence-corrected chi connectivity index (χ1v) is 9.62. The SMILES string of the molecule is CC1CC1(c1ccc(Cl)cc1Cl)C(Nc1noc2cncnc12)C1CC1. The van der Waals surface area contributed by atoms with Gasteiger partial charge in [-0.1, -0.05) is 41.3 Å². The first kappa shape index (κ1) is 16.3. The van der Waals surface area contributed by atoms with E-state index in [1.165, 1.54) is 24.7 Å². The number of aromatic nitrogens is 3. The normalized spacial score (nSPS) is 26.0. The lowest BCUT2D eigenvalue weighted by Crippen LogP contribution is -2.37. The highest BCUT2D eigenvalue weighted by atomic mass is 35.5. The summed E-state index contributed by atoms with van der Waals surface area (Å²) in [5, 5.41) is 9.25. The summed E-state index contributed by atoms with van der Waals surface area (Å²) in [6, 6.07) is 6.08. The number of fused-ring (bicyclic) bond motifs is 1. The molecule has 0 aliphatic heterocycles. The van der Waals surface area contributed by atoms with Crippen molar-refractivity contribution in [3.8, 4) is 0 Å². The first-order valence-electron chi connectivity index (χ1n) is 8.87. The summed E-state index contributed by atoms with van der Waals surface area (Å²) in [6.45, 7) is 2.28. The van der Waals surface area contributed by atoms with Gasteiger partial charge in [-0.15, -0.1) is 0 Å². The van der Waals surface area contributed by atoms with Gasteiger partial charge < -0.3 is 9.84 Å². The summed E-state index contributed by atoms with van der Waals surface area (Å²) in [4.78, 5) is 8.31. The van der Waals surface area contributed by atoms with Crippen molar-refractivity contribution in [1.82, 2.24) is 15.1 Å². The fraction of sp³-hybridized carbons (Fsp3) is 0.421. The Labute approximate surface area is 161 Å². The van der Waals surface area contributed by atoms with E-state index in [4.69, 9.17) is 27.7 Å². The molecule has 3 aromatic rings. The highest BCUT2D eigenvalue weighted by Gasteiger charge is 2.61. The van der Waals surface area contributed by atoms with Crippen LogP contribution in [-0.4, -0.2) is 21.2 Å². The minimum Gasteiger partial charge on any atom is -0.362 e. The Bertz CT molecular complexity index is 987. The van der Waals surface area contributed by atoms with E-state index >= 15 is 0 Å². The van der Waals surface area contributed by atoms with Crippen LogP contribution in [-0.2, 0) is 5.41 Å². The molecule has 1 aromatic carbocycles. The van der Waals surface area contributed by atoms with Gasteiger partial charge in [0.25, 0.3) is 0 Å². The maximum absolute atomic E-state index is 6.60. The third kappa shape index (κ3) is 2.48. The minimum atomic E-state index is -0.0128. The predicted octanol–water partition coefficient (Wildman–Crippen LogP) is 5.09. The van der Waals surface area contributed by atoms with Crippen molar-refractivity contribution >= 4 is 40.1 Å². The number of hydrogen-bond donors (Lipinski definition) is 1. The third-order valence-corrected chi connectivity index (χ3v) is 6.42. The minimum absolute atomic E-state index is 0.0128. The molecule has 0 saturated heterocycles. The van der Waals surface area contributed by atoms with Crippen LogP contribution in [0.15, 0.2) is 35.2 Å². The number of rotatable bonds is 5. The molecule has 0 amide bonds. The smallest absolute Gasteiger partial charge is 0.205 e. The molecule has 0 spiro atoms. The second-order valence-electron chi connectivity index (χ2n) is 7.50. The van der Waals surface area contributed by atoms with E-state index in [2.05, 4.69) is 33.4 Å². The Morgan fingerprint density at radius 3 is 2.81 bits per heavy atom. The number of anilines is 1. The van der Waals surface area contributed by atoms with Gasteiger partial charge >= 0.3 is 0 Å². The maximum Gasteiger partial charge on any atom is 0.205 e. The zero-order chi connectivity index (χ0) is 17.9. The summed E-state index contributed by atoms with van der Waals surface area (Å²) < 4.78 is 5.37. The van der Waals surface area contributed by atoms with E-state index in [1.807, 2.05) is 12.1 Å². The van der Waals surface area contributed by atoms with Crippen LogP contribution in [0, 0.1) is 11.8 Å². The van der Waals surface area contributed by atoms with Crippen molar-refractivity contribution in [2.45, 2.75) is 37.6 Å². The number of benzene rings is 1. The molecule has 0 radical (unpaired) electrons. The molecule has 7 heteroatoms. The second-order valence-corrected chi connectivity index (χ2v) is 8.34. The van der Waals surface area contributed by atoms with Crippen LogP contribution >= 0.6 is 23.2 Å². The van der Waals surface area contributed by atoms with Gasteiger partial charge in [-0.25, -0.2) is 9.97 Å². The van der Waals surface area contributed by atoms with Crippen molar-refractivity contribution in [1.29, 1.82) is 0 Å². The van der Waals surface area contributed by atoms with Crippen molar-refractivity contribution in [2.75, 3.05) is 5.32 Å². The van der Waals surface area contributed by atoms with Gasteiger partial charge in [-0.05, 0) is 48.8 Å². The summed E-state index contributed by atoms with van der Waals surface area (Å²) in [5.41, 5.74) is 2.47. The van der Waals surface area contributed by atoms with Crippen LogP contribution in [0.3, 0.4) is 0 Å². The quantitative estimate of drug-likeness (QED) is 0.658. The largest absolute Gasteiger partial charge is 0.362 e. The fourth-order valence-corrected chi connectivity index (χ4v) is 4.91.